The molecule has 0 radical (unpaired) electrons. The highest BCUT2D eigenvalue weighted by atomic mass is 19.1. The number of nitrogens with zero attached hydrogens (tertiary/aromatic N) is 1. The van der Waals surface area contributed by atoms with Crippen molar-refractivity contribution in [3.8, 4) is 5.75 Å². The number of carbonyl (C=O) groups excluding carboxylic acids is 1. The fraction of sp³-hybridized carbons (Fsp3) is 0.238. The summed E-state index contributed by atoms with van der Waals surface area (Å²) in [6, 6.07) is 11.8. The van der Waals surface area contributed by atoms with E-state index in [0.29, 0.717) is 12.4 Å². The number of rotatable bonds is 6. The second-order valence-corrected chi connectivity index (χ2v) is 6.44. The Morgan fingerprint density at radius 2 is 1.89 bits per heavy atom. The maximum Gasteiger partial charge on any atom is 0.228 e. The van der Waals surface area contributed by atoms with E-state index in [9.17, 15) is 9.18 Å². The molecule has 1 heterocycles. The van der Waals surface area contributed by atoms with Crippen LogP contribution < -0.4 is 10.1 Å². The zero-order chi connectivity index (χ0) is 19.4. The topological polar surface area (TPSA) is 64.4 Å². The summed E-state index contributed by atoms with van der Waals surface area (Å²) in [5.41, 5.74) is 3.62. The molecule has 5 nitrogen and oxygen atoms in total. The molecule has 0 fully saturated rings. The predicted octanol–water partition coefficient (Wildman–Crippen LogP) is 4.50. The van der Waals surface area contributed by atoms with Gasteiger partial charge in [-0.1, -0.05) is 23.4 Å². The second kappa shape index (κ2) is 8.03. The van der Waals surface area contributed by atoms with E-state index in [-0.39, 0.29) is 18.0 Å². The van der Waals surface area contributed by atoms with Crippen LogP contribution in [0.15, 0.2) is 47.0 Å². The van der Waals surface area contributed by atoms with Crippen molar-refractivity contribution in [3.63, 3.8) is 0 Å². The maximum atomic E-state index is 13.7. The van der Waals surface area contributed by atoms with Gasteiger partial charge < -0.3 is 14.6 Å². The molecule has 1 aromatic heterocycles. The molecule has 27 heavy (non-hydrogen) atoms. The molecule has 0 aliphatic rings. The number of aryl methyl sites for hydroxylation is 3. The summed E-state index contributed by atoms with van der Waals surface area (Å²) in [5.74, 6) is 0.703. The van der Waals surface area contributed by atoms with E-state index in [0.717, 1.165) is 28.1 Å². The van der Waals surface area contributed by atoms with Crippen LogP contribution in [0.3, 0.4) is 0 Å². The van der Waals surface area contributed by atoms with E-state index in [1.165, 1.54) is 6.07 Å². The lowest BCUT2D eigenvalue weighted by atomic mass is 10.1. The van der Waals surface area contributed by atoms with Crippen molar-refractivity contribution in [2.24, 2.45) is 0 Å². The number of benzene rings is 2. The van der Waals surface area contributed by atoms with Crippen molar-refractivity contribution in [3.05, 3.63) is 76.4 Å². The molecule has 6 heteroatoms. The smallest absolute Gasteiger partial charge is 0.228 e. The average molecular weight is 368 g/mol. The van der Waals surface area contributed by atoms with Crippen molar-refractivity contribution < 1.29 is 18.4 Å². The van der Waals surface area contributed by atoms with Crippen LogP contribution in [-0.4, -0.2) is 11.1 Å². The lowest BCUT2D eigenvalue weighted by Gasteiger charge is -2.09. The summed E-state index contributed by atoms with van der Waals surface area (Å²) in [4.78, 5) is 12.2. The number of aromatic nitrogens is 1. The van der Waals surface area contributed by atoms with Crippen LogP contribution in [0.2, 0.25) is 0 Å². The van der Waals surface area contributed by atoms with Gasteiger partial charge >= 0.3 is 0 Å². The molecular weight excluding hydrogens is 347 g/mol. The molecule has 3 aromatic rings. The van der Waals surface area contributed by atoms with Crippen LogP contribution in [0.4, 0.5) is 10.1 Å². The molecule has 0 aliphatic heterocycles. The van der Waals surface area contributed by atoms with Crippen molar-refractivity contribution in [1.29, 1.82) is 0 Å². The Hall–Kier alpha value is -3.15. The van der Waals surface area contributed by atoms with Crippen LogP contribution in [0.25, 0.3) is 0 Å². The Labute approximate surface area is 157 Å². The van der Waals surface area contributed by atoms with Crippen LogP contribution >= 0.6 is 0 Å². The number of hydrogen-bond acceptors (Lipinski definition) is 4. The summed E-state index contributed by atoms with van der Waals surface area (Å²) in [6.07, 6.45) is 0.150. The molecule has 1 N–H and O–H groups in total. The van der Waals surface area contributed by atoms with Gasteiger partial charge in [-0.25, -0.2) is 4.39 Å². The van der Waals surface area contributed by atoms with Crippen molar-refractivity contribution in [2.75, 3.05) is 5.32 Å². The molecule has 0 saturated heterocycles. The van der Waals surface area contributed by atoms with Gasteiger partial charge in [0.05, 0.1) is 23.4 Å². The van der Waals surface area contributed by atoms with Gasteiger partial charge in [0.15, 0.2) is 0 Å². The van der Waals surface area contributed by atoms with Gasteiger partial charge in [0.2, 0.25) is 5.91 Å². The first-order valence-electron chi connectivity index (χ1n) is 8.62. The highest BCUT2D eigenvalue weighted by Crippen LogP contribution is 2.19. The molecule has 140 valence electrons. The molecule has 0 atom stereocenters. The van der Waals surface area contributed by atoms with Crippen molar-refractivity contribution >= 4 is 11.6 Å². The quantitative estimate of drug-likeness (QED) is 0.696. The Morgan fingerprint density at radius 1 is 1.15 bits per heavy atom. The first-order valence-corrected chi connectivity index (χ1v) is 8.62. The van der Waals surface area contributed by atoms with E-state index in [4.69, 9.17) is 9.26 Å². The molecule has 3 rings (SSSR count). The molecule has 0 saturated carbocycles. The summed E-state index contributed by atoms with van der Waals surface area (Å²) in [7, 11) is 0. The minimum Gasteiger partial charge on any atom is -0.489 e. The molecular formula is C21H21FN2O3. The third-order valence-corrected chi connectivity index (χ3v) is 4.25. The zero-order valence-electron chi connectivity index (χ0n) is 15.5. The van der Waals surface area contributed by atoms with Gasteiger partial charge in [0.1, 0.15) is 23.9 Å². The molecule has 0 unspecified atom stereocenters. The predicted molar refractivity (Wildman–Crippen MR) is 100 cm³/mol. The first kappa shape index (κ1) is 18.6. The van der Waals surface area contributed by atoms with Gasteiger partial charge in [0.25, 0.3) is 0 Å². The SMILES string of the molecule is Cc1ccc(F)c(NC(=O)Cc2ccc(OCc3c(C)noc3C)cc2)c1. The Morgan fingerprint density at radius 3 is 2.56 bits per heavy atom. The van der Waals surface area contributed by atoms with Crippen molar-refractivity contribution in [1.82, 2.24) is 5.16 Å². The van der Waals surface area contributed by atoms with Gasteiger partial charge in [0, 0.05) is 0 Å². The largest absolute Gasteiger partial charge is 0.489 e. The first-order chi connectivity index (χ1) is 12.9. The lowest BCUT2D eigenvalue weighted by Crippen LogP contribution is -2.15. The molecule has 1 amide bonds. The van der Waals surface area contributed by atoms with Gasteiger partial charge in [-0.05, 0) is 56.2 Å². The van der Waals surface area contributed by atoms with Crippen molar-refractivity contribution in [2.45, 2.75) is 33.8 Å². The number of ether oxygens (including phenoxy) is 1. The number of anilines is 1. The van der Waals surface area contributed by atoms with Crippen LogP contribution in [-0.2, 0) is 17.8 Å². The van der Waals surface area contributed by atoms with E-state index >= 15 is 0 Å². The molecule has 0 aliphatic carbocycles. The third kappa shape index (κ3) is 4.73. The van der Waals surface area contributed by atoms with Gasteiger partial charge in [-0.15, -0.1) is 0 Å². The highest BCUT2D eigenvalue weighted by molar-refractivity contribution is 5.92. The minimum atomic E-state index is -0.447. The van der Waals surface area contributed by atoms with Crippen LogP contribution in [0, 0.1) is 26.6 Å². The Balaban J connectivity index is 1.57. The van der Waals surface area contributed by atoms with Crippen LogP contribution in [0.5, 0.6) is 5.75 Å². The van der Waals surface area contributed by atoms with E-state index < -0.39 is 5.82 Å². The molecule has 2 aromatic carbocycles. The summed E-state index contributed by atoms with van der Waals surface area (Å²) in [5, 5.41) is 6.50. The summed E-state index contributed by atoms with van der Waals surface area (Å²) in [6.45, 7) is 5.93. The second-order valence-electron chi connectivity index (χ2n) is 6.44. The minimum absolute atomic E-state index is 0.150. The monoisotopic (exact) mass is 368 g/mol. The van der Waals surface area contributed by atoms with Gasteiger partial charge in [-0.2, -0.15) is 0 Å². The molecule has 0 bridgehead atoms. The average Bonchev–Trinajstić information content (AvgIpc) is 2.95. The zero-order valence-corrected chi connectivity index (χ0v) is 15.5. The fourth-order valence-corrected chi connectivity index (χ4v) is 2.68. The Kier molecular flexibility index (Phi) is 5.54. The van der Waals surface area contributed by atoms with E-state index in [2.05, 4.69) is 10.5 Å². The highest BCUT2D eigenvalue weighted by Gasteiger charge is 2.11. The number of carbonyl (C=O) groups is 1. The fourth-order valence-electron chi connectivity index (χ4n) is 2.68. The lowest BCUT2D eigenvalue weighted by molar-refractivity contribution is -0.115. The molecule has 0 spiro atoms. The standard InChI is InChI=1S/C21H21FN2O3/c1-13-4-9-19(22)20(10-13)23-21(25)11-16-5-7-17(8-6-16)26-12-18-14(2)24-27-15(18)3/h4-10H,11-12H2,1-3H3,(H,23,25). The number of nitrogens with one attached hydrogen (secondary N) is 1. The Bertz CT molecular complexity index is 929. The summed E-state index contributed by atoms with van der Waals surface area (Å²) < 4.78 is 24.6. The van der Waals surface area contributed by atoms with Crippen LogP contribution in [0.1, 0.15) is 28.1 Å². The van der Waals surface area contributed by atoms with E-state index in [1.54, 1.807) is 24.3 Å². The maximum absolute atomic E-state index is 13.7. The number of halogens is 1. The third-order valence-electron chi connectivity index (χ3n) is 4.25. The van der Waals surface area contributed by atoms with Gasteiger partial charge in [-0.3, -0.25) is 4.79 Å². The normalized spacial score (nSPS) is 10.7. The van der Waals surface area contributed by atoms with E-state index in [1.807, 2.05) is 32.9 Å². The summed E-state index contributed by atoms with van der Waals surface area (Å²) >= 11 is 0. The number of hydrogen-bond donors (Lipinski definition) is 1. The number of amides is 1.